The van der Waals surface area contributed by atoms with Crippen LogP contribution in [0.3, 0.4) is 0 Å². The van der Waals surface area contributed by atoms with E-state index in [0.29, 0.717) is 24.7 Å². The van der Waals surface area contributed by atoms with E-state index in [1.807, 2.05) is 0 Å². The molecule has 21 heavy (non-hydrogen) atoms. The van der Waals surface area contributed by atoms with E-state index in [4.69, 9.17) is 0 Å². The topological polar surface area (TPSA) is 46.2 Å². The number of nitrogens with one attached hydrogen (secondary N) is 1. The van der Waals surface area contributed by atoms with E-state index in [2.05, 4.69) is 33.0 Å². The highest BCUT2D eigenvalue weighted by Crippen LogP contribution is 2.18. The lowest BCUT2D eigenvalue weighted by Crippen LogP contribution is -2.33. The summed E-state index contributed by atoms with van der Waals surface area (Å²) in [6.45, 7) is 8.57. The normalized spacial score (nSPS) is 13.7. The van der Waals surface area contributed by atoms with E-state index >= 15 is 0 Å². The number of unbranched alkanes of at least 4 members (excludes halogenated alkanes) is 2. The molecule has 3 heteroatoms. The van der Waals surface area contributed by atoms with Crippen molar-refractivity contribution in [2.45, 2.75) is 91.9 Å². The van der Waals surface area contributed by atoms with Crippen molar-refractivity contribution < 1.29 is 9.59 Å². The Hall–Kier alpha value is -0.860. The molecule has 0 aromatic rings. The monoisotopic (exact) mass is 297 g/mol. The van der Waals surface area contributed by atoms with Gasteiger partial charge in [0, 0.05) is 12.8 Å². The molecule has 0 aliphatic heterocycles. The van der Waals surface area contributed by atoms with E-state index < -0.39 is 0 Å². The third-order valence-corrected chi connectivity index (χ3v) is 4.31. The number of imide groups is 1. The van der Waals surface area contributed by atoms with Gasteiger partial charge in [-0.05, 0) is 24.7 Å². The zero-order valence-corrected chi connectivity index (χ0v) is 14.5. The summed E-state index contributed by atoms with van der Waals surface area (Å²) in [6.07, 6.45) is 9.82. The average Bonchev–Trinajstić information content (AvgIpc) is 2.47. The molecule has 0 bridgehead atoms. The Morgan fingerprint density at radius 2 is 1.14 bits per heavy atom. The molecule has 2 atom stereocenters. The first-order valence-corrected chi connectivity index (χ1v) is 8.89. The lowest BCUT2D eigenvalue weighted by atomic mass is 9.94. The molecule has 0 aromatic heterocycles. The van der Waals surface area contributed by atoms with Gasteiger partial charge in [0.1, 0.15) is 0 Å². The highest BCUT2D eigenvalue weighted by molar-refractivity contribution is 5.95. The molecule has 0 rings (SSSR count). The van der Waals surface area contributed by atoms with Gasteiger partial charge in [0.2, 0.25) is 11.8 Å². The first-order chi connectivity index (χ1) is 10.1. The van der Waals surface area contributed by atoms with Gasteiger partial charge < -0.3 is 0 Å². The SMILES string of the molecule is CCCCC(CC)CC(=O)NC(=O)CC(CC)CCCC. The number of hydrogen-bond acceptors (Lipinski definition) is 2. The molecule has 0 aliphatic carbocycles. The molecule has 0 saturated heterocycles. The zero-order valence-electron chi connectivity index (χ0n) is 14.5. The number of carbonyl (C=O) groups is 2. The second-order valence-electron chi connectivity index (χ2n) is 6.21. The second kappa shape index (κ2) is 12.8. The van der Waals surface area contributed by atoms with Gasteiger partial charge in [0.25, 0.3) is 0 Å². The Kier molecular flexibility index (Phi) is 12.3. The van der Waals surface area contributed by atoms with Crippen LogP contribution in [0.2, 0.25) is 0 Å². The minimum Gasteiger partial charge on any atom is -0.296 e. The molecule has 0 heterocycles. The maximum absolute atomic E-state index is 11.9. The van der Waals surface area contributed by atoms with Crippen LogP contribution in [0.5, 0.6) is 0 Å². The molecule has 1 N–H and O–H groups in total. The molecular weight excluding hydrogens is 262 g/mol. The largest absolute Gasteiger partial charge is 0.296 e. The van der Waals surface area contributed by atoms with Crippen molar-refractivity contribution in [1.82, 2.24) is 5.32 Å². The molecule has 0 aliphatic rings. The van der Waals surface area contributed by atoms with Gasteiger partial charge in [-0.1, -0.05) is 66.2 Å². The predicted octanol–water partition coefficient (Wildman–Crippen LogP) is 4.84. The Bertz CT molecular complexity index is 261. The minimum absolute atomic E-state index is 0.0895. The van der Waals surface area contributed by atoms with Crippen molar-refractivity contribution >= 4 is 11.8 Å². The summed E-state index contributed by atoms with van der Waals surface area (Å²) in [6, 6.07) is 0. The summed E-state index contributed by atoms with van der Waals surface area (Å²) >= 11 is 0. The maximum Gasteiger partial charge on any atom is 0.226 e. The highest BCUT2D eigenvalue weighted by atomic mass is 16.2. The van der Waals surface area contributed by atoms with Gasteiger partial charge in [-0.25, -0.2) is 0 Å². The van der Waals surface area contributed by atoms with Crippen molar-refractivity contribution in [3.63, 3.8) is 0 Å². The summed E-state index contributed by atoms with van der Waals surface area (Å²) in [5, 5.41) is 2.58. The summed E-state index contributed by atoms with van der Waals surface area (Å²) in [4.78, 5) is 23.9. The first-order valence-electron chi connectivity index (χ1n) is 8.89. The fourth-order valence-electron chi connectivity index (χ4n) is 2.67. The average molecular weight is 297 g/mol. The van der Waals surface area contributed by atoms with Crippen molar-refractivity contribution in [2.75, 3.05) is 0 Å². The second-order valence-corrected chi connectivity index (χ2v) is 6.21. The quantitative estimate of drug-likeness (QED) is 0.560. The van der Waals surface area contributed by atoms with Crippen LogP contribution in [0, 0.1) is 11.8 Å². The summed E-state index contributed by atoms with van der Waals surface area (Å²) in [7, 11) is 0. The molecule has 0 saturated carbocycles. The Balaban J connectivity index is 4.08. The van der Waals surface area contributed by atoms with Crippen LogP contribution in [0.4, 0.5) is 0 Å². The van der Waals surface area contributed by atoms with Gasteiger partial charge in [-0.15, -0.1) is 0 Å². The van der Waals surface area contributed by atoms with E-state index in [0.717, 1.165) is 51.4 Å². The smallest absolute Gasteiger partial charge is 0.226 e. The van der Waals surface area contributed by atoms with Crippen molar-refractivity contribution in [1.29, 1.82) is 0 Å². The van der Waals surface area contributed by atoms with Crippen LogP contribution in [-0.2, 0) is 9.59 Å². The standard InChI is InChI=1S/C18H35NO2/c1-5-9-11-15(7-3)13-17(20)19-18(21)14-16(8-4)12-10-6-2/h15-16H,5-14H2,1-4H3,(H,19,20,21). The number of carbonyl (C=O) groups excluding carboxylic acids is 2. The number of rotatable bonds is 12. The maximum atomic E-state index is 11.9. The molecule has 124 valence electrons. The molecule has 2 unspecified atom stereocenters. The van der Waals surface area contributed by atoms with E-state index in [1.165, 1.54) is 0 Å². The fraction of sp³-hybridized carbons (Fsp3) is 0.889. The predicted molar refractivity (Wildman–Crippen MR) is 89.0 cm³/mol. The highest BCUT2D eigenvalue weighted by Gasteiger charge is 2.16. The van der Waals surface area contributed by atoms with Crippen LogP contribution in [-0.4, -0.2) is 11.8 Å². The molecule has 0 spiro atoms. The number of amides is 2. The van der Waals surface area contributed by atoms with E-state index in [9.17, 15) is 9.59 Å². The molecular formula is C18H35NO2. The molecule has 3 nitrogen and oxygen atoms in total. The summed E-state index contributed by atoms with van der Waals surface area (Å²) in [5.74, 6) is 0.654. The third kappa shape index (κ3) is 10.5. The van der Waals surface area contributed by atoms with Gasteiger partial charge in [-0.3, -0.25) is 14.9 Å². The van der Waals surface area contributed by atoms with E-state index in [1.54, 1.807) is 0 Å². The van der Waals surface area contributed by atoms with Crippen LogP contribution < -0.4 is 5.32 Å². The lowest BCUT2D eigenvalue weighted by molar-refractivity contribution is -0.131. The molecule has 0 fully saturated rings. The number of hydrogen-bond donors (Lipinski definition) is 1. The third-order valence-electron chi connectivity index (χ3n) is 4.31. The van der Waals surface area contributed by atoms with Gasteiger partial charge in [0.05, 0.1) is 0 Å². The van der Waals surface area contributed by atoms with Gasteiger partial charge >= 0.3 is 0 Å². The van der Waals surface area contributed by atoms with E-state index in [-0.39, 0.29) is 11.8 Å². The van der Waals surface area contributed by atoms with Crippen molar-refractivity contribution in [2.24, 2.45) is 11.8 Å². The fourth-order valence-corrected chi connectivity index (χ4v) is 2.67. The minimum atomic E-state index is -0.0895. The molecule has 0 radical (unpaired) electrons. The lowest BCUT2D eigenvalue weighted by Gasteiger charge is -2.16. The summed E-state index contributed by atoms with van der Waals surface area (Å²) in [5.41, 5.74) is 0. The van der Waals surface area contributed by atoms with Crippen molar-refractivity contribution in [3.05, 3.63) is 0 Å². The van der Waals surface area contributed by atoms with Gasteiger partial charge in [0.15, 0.2) is 0 Å². The van der Waals surface area contributed by atoms with Crippen LogP contribution in [0.1, 0.15) is 91.9 Å². The Morgan fingerprint density at radius 1 is 0.762 bits per heavy atom. The Morgan fingerprint density at radius 3 is 1.43 bits per heavy atom. The Labute approximate surface area is 131 Å². The first kappa shape index (κ1) is 20.1. The van der Waals surface area contributed by atoms with Crippen LogP contribution >= 0.6 is 0 Å². The molecule has 2 amide bonds. The zero-order chi connectivity index (χ0) is 16.1. The van der Waals surface area contributed by atoms with Crippen LogP contribution in [0.15, 0.2) is 0 Å². The van der Waals surface area contributed by atoms with Crippen LogP contribution in [0.25, 0.3) is 0 Å². The van der Waals surface area contributed by atoms with Crippen molar-refractivity contribution in [3.8, 4) is 0 Å². The summed E-state index contributed by atoms with van der Waals surface area (Å²) < 4.78 is 0. The van der Waals surface area contributed by atoms with Gasteiger partial charge in [-0.2, -0.15) is 0 Å². The molecule has 0 aromatic carbocycles.